The molecule has 0 radical (unpaired) electrons. The molecule has 1 aliphatic rings. The molecule has 0 bridgehead atoms. The highest BCUT2D eigenvalue weighted by molar-refractivity contribution is 6.04. The summed E-state index contributed by atoms with van der Waals surface area (Å²) in [5.41, 5.74) is 2.56. The minimum Gasteiger partial charge on any atom is -0.338 e. The molecule has 1 saturated heterocycles. The lowest BCUT2D eigenvalue weighted by atomic mass is 10.1. The number of pyridine rings is 1. The Morgan fingerprint density at radius 3 is 2.51 bits per heavy atom. The first-order valence-corrected chi connectivity index (χ1v) is 12.0. The van der Waals surface area contributed by atoms with E-state index in [1.165, 1.54) is 12.1 Å². The normalized spacial score (nSPS) is 13.9. The van der Waals surface area contributed by atoms with Gasteiger partial charge in [0, 0.05) is 49.2 Å². The Morgan fingerprint density at radius 1 is 0.946 bits per heavy atom. The molecular weight excluding hydrogens is 471 g/mol. The number of likely N-dealkylation sites (N-methyl/N-ethyl adjacent to an activating group) is 1. The van der Waals surface area contributed by atoms with Crippen LogP contribution < -0.4 is 15.5 Å². The zero-order valence-corrected chi connectivity index (χ0v) is 20.6. The van der Waals surface area contributed by atoms with Crippen molar-refractivity contribution in [2.45, 2.75) is 6.92 Å². The summed E-state index contributed by atoms with van der Waals surface area (Å²) >= 11 is 0. The van der Waals surface area contributed by atoms with Gasteiger partial charge in [0.15, 0.2) is 5.82 Å². The average Bonchev–Trinajstić information content (AvgIpc) is 2.91. The van der Waals surface area contributed by atoms with Crippen molar-refractivity contribution in [2.75, 3.05) is 48.8 Å². The Labute approximate surface area is 214 Å². The van der Waals surface area contributed by atoms with Gasteiger partial charge in [-0.25, -0.2) is 9.37 Å². The molecule has 4 aromatic rings. The van der Waals surface area contributed by atoms with Gasteiger partial charge in [0.25, 0.3) is 5.91 Å². The van der Waals surface area contributed by atoms with Crippen molar-refractivity contribution in [3.8, 4) is 11.4 Å². The van der Waals surface area contributed by atoms with Crippen LogP contribution in [-0.2, 0) is 0 Å². The highest BCUT2D eigenvalue weighted by Crippen LogP contribution is 2.25. The monoisotopic (exact) mass is 498 g/mol. The highest BCUT2D eigenvalue weighted by Gasteiger charge is 2.20. The molecule has 37 heavy (non-hydrogen) atoms. The predicted octanol–water partition coefficient (Wildman–Crippen LogP) is 4.13. The van der Waals surface area contributed by atoms with Crippen molar-refractivity contribution >= 4 is 29.3 Å². The zero-order chi connectivity index (χ0) is 25.8. The third-order valence-electron chi connectivity index (χ3n) is 6.14. The van der Waals surface area contributed by atoms with Crippen LogP contribution in [0.25, 0.3) is 11.4 Å². The van der Waals surface area contributed by atoms with Crippen molar-refractivity contribution in [1.82, 2.24) is 24.8 Å². The molecule has 1 aliphatic heterocycles. The first kappa shape index (κ1) is 24.3. The van der Waals surface area contributed by atoms with Gasteiger partial charge in [-0.15, -0.1) is 0 Å². The second-order valence-electron chi connectivity index (χ2n) is 8.91. The van der Waals surface area contributed by atoms with Crippen LogP contribution in [0.4, 0.5) is 27.8 Å². The molecule has 0 aliphatic carbocycles. The van der Waals surface area contributed by atoms with E-state index in [1.54, 1.807) is 24.4 Å². The number of carbonyl (C=O) groups excluding carboxylic acids is 1. The van der Waals surface area contributed by atoms with Gasteiger partial charge in [0.05, 0.1) is 0 Å². The van der Waals surface area contributed by atoms with Gasteiger partial charge in [-0.2, -0.15) is 15.0 Å². The maximum Gasteiger partial charge on any atom is 0.255 e. The Balaban J connectivity index is 1.45. The highest BCUT2D eigenvalue weighted by atomic mass is 19.1. The molecule has 5 rings (SSSR count). The topological polar surface area (TPSA) is 99.2 Å². The van der Waals surface area contributed by atoms with Gasteiger partial charge in [-0.3, -0.25) is 4.79 Å². The van der Waals surface area contributed by atoms with E-state index in [4.69, 9.17) is 0 Å². The van der Waals surface area contributed by atoms with Crippen molar-refractivity contribution in [2.24, 2.45) is 0 Å². The van der Waals surface area contributed by atoms with Crippen molar-refractivity contribution < 1.29 is 9.18 Å². The standard InChI is InChI=1S/C27H27FN8O/c1-18-8-9-20(28)17-22(18)24-32-26(34-27(33-24)36-14-12-35(2)13-15-36)31-23-16-19(10-11-29-23)25(37)30-21-6-4-3-5-7-21/h3-11,16-17H,12-15H2,1-2H3,(H,30,37)(H,29,31,32,33,34). The van der Waals surface area contributed by atoms with Crippen LogP contribution in [0.2, 0.25) is 0 Å². The molecule has 1 amide bonds. The number of halogens is 1. The average molecular weight is 499 g/mol. The number of carbonyl (C=O) groups is 1. The van der Waals surface area contributed by atoms with E-state index in [-0.39, 0.29) is 17.7 Å². The number of nitrogens with zero attached hydrogens (tertiary/aromatic N) is 6. The molecule has 9 nitrogen and oxygen atoms in total. The fourth-order valence-corrected chi connectivity index (χ4v) is 4.00. The molecular formula is C27H27FN8O. The smallest absolute Gasteiger partial charge is 0.255 e. The van der Waals surface area contributed by atoms with E-state index in [0.717, 1.165) is 31.7 Å². The summed E-state index contributed by atoms with van der Waals surface area (Å²) in [6.07, 6.45) is 1.54. The van der Waals surface area contributed by atoms with Crippen LogP contribution >= 0.6 is 0 Å². The van der Waals surface area contributed by atoms with E-state index in [0.29, 0.717) is 34.4 Å². The number of hydrogen-bond donors (Lipinski definition) is 2. The van der Waals surface area contributed by atoms with Crippen LogP contribution in [0.1, 0.15) is 15.9 Å². The van der Waals surface area contributed by atoms with Gasteiger partial charge in [-0.05, 0) is 55.9 Å². The number of nitrogens with one attached hydrogen (secondary N) is 2. The van der Waals surface area contributed by atoms with Gasteiger partial charge in [-0.1, -0.05) is 24.3 Å². The summed E-state index contributed by atoms with van der Waals surface area (Å²) in [4.78, 5) is 35.3. The third-order valence-corrected chi connectivity index (χ3v) is 6.14. The van der Waals surface area contributed by atoms with Crippen molar-refractivity contribution in [1.29, 1.82) is 0 Å². The lowest BCUT2D eigenvalue weighted by Crippen LogP contribution is -2.45. The Hall–Kier alpha value is -4.44. The molecule has 2 aromatic heterocycles. The summed E-state index contributed by atoms with van der Waals surface area (Å²) < 4.78 is 14.1. The molecule has 0 saturated carbocycles. The van der Waals surface area contributed by atoms with Gasteiger partial charge in [0.2, 0.25) is 11.9 Å². The summed E-state index contributed by atoms with van der Waals surface area (Å²) in [7, 11) is 2.08. The Kier molecular flexibility index (Phi) is 7.00. The molecule has 188 valence electrons. The molecule has 0 atom stereocenters. The van der Waals surface area contributed by atoms with Gasteiger partial charge >= 0.3 is 0 Å². The van der Waals surface area contributed by atoms with Gasteiger partial charge in [0.1, 0.15) is 11.6 Å². The molecule has 2 N–H and O–H groups in total. The van der Waals surface area contributed by atoms with Crippen molar-refractivity contribution in [3.05, 3.63) is 83.8 Å². The van der Waals surface area contributed by atoms with Crippen LogP contribution in [0, 0.1) is 12.7 Å². The SMILES string of the molecule is Cc1ccc(F)cc1-c1nc(Nc2cc(C(=O)Nc3ccccc3)ccn2)nc(N2CCN(C)CC2)n1. The molecule has 3 heterocycles. The number of amides is 1. The third kappa shape index (κ3) is 5.87. The number of benzene rings is 2. The van der Waals surface area contributed by atoms with Crippen LogP contribution in [-0.4, -0.2) is 64.0 Å². The number of rotatable bonds is 6. The molecule has 1 fully saturated rings. The van der Waals surface area contributed by atoms with Crippen LogP contribution in [0.3, 0.4) is 0 Å². The summed E-state index contributed by atoms with van der Waals surface area (Å²) in [6, 6.07) is 17.0. The number of piperazine rings is 1. The Bertz CT molecular complexity index is 1410. The van der Waals surface area contributed by atoms with E-state index < -0.39 is 0 Å². The minimum atomic E-state index is -0.365. The number of aryl methyl sites for hydroxylation is 1. The second kappa shape index (κ2) is 10.7. The van der Waals surface area contributed by atoms with E-state index >= 15 is 0 Å². The van der Waals surface area contributed by atoms with E-state index in [2.05, 4.69) is 47.4 Å². The molecule has 10 heteroatoms. The number of hydrogen-bond acceptors (Lipinski definition) is 8. The maximum absolute atomic E-state index is 14.1. The maximum atomic E-state index is 14.1. The first-order chi connectivity index (χ1) is 17.9. The molecule has 2 aromatic carbocycles. The van der Waals surface area contributed by atoms with Gasteiger partial charge < -0.3 is 20.4 Å². The minimum absolute atomic E-state index is 0.260. The summed E-state index contributed by atoms with van der Waals surface area (Å²) in [6.45, 7) is 5.16. The van der Waals surface area contributed by atoms with Crippen LogP contribution in [0.5, 0.6) is 0 Å². The van der Waals surface area contributed by atoms with E-state index in [1.807, 2.05) is 37.3 Å². The Morgan fingerprint density at radius 2 is 1.73 bits per heavy atom. The van der Waals surface area contributed by atoms with E-state index in [9.17, 15) is 9.18 Å². The van der Waals surface area contributed by atoms with Crippen LogP contribution in [0.15, 0.2) is 66.9 Å². The fraction of sp³-hybridized carbons (Fsp3) is 0.222. The number of anilines is 4. The first-order valence-electron chi connectivity index (χ1n) is 12.0. The second-order valence-corrected chi connectivity index (χ2v) is 8.91. The fourth-order valence-electron chi connectivity index (χ4n) is 4.00. The zero-order valence-electron chi connectivity index (χ0n) is 20.6. The largest absolute Gasteiger partial charge is 0.338 e. The molecule has 0 unspecified atom stereocenters. The quantitative estimate of drug-likeness (QED) is 0.410. The summed E-state index contributed by atoms with van der Waals surface area (Å²) in [5, 5.41) is 5.98. The number of aromatic nitrogens is 4. The molecule has 0 spiro atoms. The predicted molar refractivity (Wildman–Crippen MR) is 142 cm³/mol. The lowest BCUT2D eigenvalue weighted by molar-refractivity contribution is 0.102. The summed E-state index contributed by atoms with van der Waals surface area (Å²) in [5.74, 6) is 0.898. The lowest BCUT2D eigenvalue weighted by Gasteiger charge is -2.32. The van der Waals surface area contributed by atoms with Crippen molar-refractivity contribution in [3.63, 3.8) is 0 Å². The number of para-hydroxylation sites is 1.